The van der Waals surface area contributed by atoms with E-state index in [0.29, 0.717) is 5.92 Å². The monoisotopic (exact) mass is 430 g/mol. The van der Waals surface area contributed by atoms with Crippen molar-refractivity contribution in [3.05, 3.63) is 88.9 Å². The Bertz CT molecular complexity index is 1130. The third kappa shape index (κ3) is 2.33. The second kappa shape index (κ2) is 5.80. The summed E-state index contributed by atoms with van der Waals surface area (Å²) in [5.74, 6) is 0.497. The van der Waals surface area contributed by atoms with Crippen LogP contribution in [0.2, 0.25) is 18.1 Å². The number of benzene rings is 3. The van der Waals surface area contributed by atoms with Gasteiger partial charge in [0.15, 0.2) is 0 Å². The molecule has 2 heteroatoms. The quantitative estimate of drug-likeness (QED) is 0.360. The van der Waals surface area contributed by atoms with Crippen molar-refractivity contribution in [2.24, 2.45) is 0 Å². The maximum atomic E-state index is 3.73. The molecule has 0 bridgehead atoms. The second-order valence-electron chi connectivity index (χ2n) is 8.60. The maximum absolute atomic E-state index is 3.73. The summed E-state index contributed by atoms with van der Waals surface area (Å²) in [6, 6.07) is 22.6. The minimum Gasteiger partial charge on any atom is -0.0753 e. The van der Waals surface area contributed by atoms with Gasteiger partial charge in [-0.15, -0.1) is 0 Å². The van der Waals surface area contributed by atoms with Gasteiger partial charge in [0, 0.05) is 10.4 Å². The Morgan fingerprint density at radius 3 is 2.59 bits per heavy atom. The molecule has 0 N–H and O–H groups in total. The van der Waals surface area contributed by atoms with Gasteiger partial charge in [0.25, 0.3) is 0 Å². The highest BCUT2D eigenvalue weighted by atomic mass is 79.9. The van der Waals surface area contributed by atoms with E-state index in [-0.39, 0.29) is 5.04 Å². The lowest BCUT2D eigenvalue weighted by molar-refractivity contribution is 0.655. The van der Waals surface area contributed by atoms with E-state index in [1.165, 1.54) is 31.9 Å². The Morgan fingerprint density at radius 2 is 1.74 bits per heavy atom. The SMILES string of the molecule is CC12C=C(Br)C=CC1c1ccc(-c3cccc4ccccc34)cc1[Si]2(C)C. The number of halogens is 1. The van der Waals surface area contributed by atoms with Crippen LogP contribution in [0.3, 0.4) is 0 Å². The first-order valence-corrected chi connectivity index (χ1v) is 13.4. The molecule has 3 aromatic carbocycles. The molecule has 0 aromatic heterocycles. The molecule has 1 aliphatic carbocycles. The zero-order valence-electron chi connectivity index (χ0n) is 16.0. The summed E-state index contributed by atoms with van der Waals surface area (Å²) < 4.78 is 1.23. The Kier molecular flexibility index (Phi) is 3.69. The molecule has 0 spiro atoms. The molecule has 2 unspecified atom stereocenters. The van der Waals surface area contributed by atoms with Crippen molar-refractivity contribution in [3.63, 3.8) is 0 Å². The molecule has 27 heavy (non-hydrogen) atoms. The summed E-state index contributed by atoms with van der Waals surface area (Å²) in [4.78, 5) is 0. The van der Waals surface area contributed by atoms with Crippen LogP contribution < -0.4 is 5.19 Å². The highest BCUT2D eigenvalue weighted by Crippen LogP contribution is 2.59. The number of allylic oxidation sites excluding steroid dienone is 4. The molecule has 3 aromatic rings. The molecule has 0 amide bonds. The zero-order valence-corrected chi connectivity index (χ0v) is 18.5. The van der Waals surface area contributed by atoms with E-state index in [1.54, 1.807) is 5.19 Å². The predicted octanol–water partition coefficient (Wildman–Crippen LogP) is 7.13. The summed E-state index contributed by atoms with van der Waals surface area (Å²) in [5, 5.41) is 4.48. The Hall–Kier alpha value is -1.90. The van der Waals surface area contributed by atoms with E-state index < -0.39 is 8.07 Å². The number of hydrogen-bond donors (Lipinski definition) is 0. The first-order chi connectivity index (χ1) is 12.9. The van der Waals surface area contributed by atoms with Crippen LogP contribution in [-0.4, -0.2) is 8.07 Å². The molecule has 2 aliphatic rings. The van der Waals surface area contributed by atoms with E-state index in [0.717, 1.165) is 0 Å². The molecule has 0 saturated heterocycles. The Balaban J connectivity index is 1.73. The van der Waals surface area contributed by atoms with E-state index in [1.807, 2.05) is 0 Å². The molecule has 0 radical (unpaired) electrons. The lowest BCUT2D eigenvalue weighted by Crippen LogP contribution is -2.47. The summed E-state index contributed by atoms with van der Waals surface area (Å²) >= 11 is 3.73. The third-order valence-electron chi connectivity index (χ3n) is 7.04. The Labute approximate surface area is 170 Å². The van der Waals surface area contributed by atoms with Crippen molar-refractivity contribution in [1.82, 2.24) is 0 Å². The van der Waals surface area contributed by atoms with Gasteiger partial charge in [-0.1, -0.05) is 120 Å². The van der Waals surface area contributed by atoms with Crippen LogP contribution in [0.5, 0.6) is 0 Å². The van der Waals surface area contributed by atoms with Crippen molar-refractivity contribution in [1.29, 1.82) is 0 Å². The molecular weight excluding hydrogens is 408 g/mol. The third-order valence-corrected chi connectivity index (χ3v) is 12.5. The van der Waals surface area contributed by atoms with Gasteiger partial charge in [-0.3, -0.25) is 0 Å². The van der Waals surface area contributed by atoms with Crippen LogP contribution in [0.25, 0.3) is 21.9 Å². The number of rotatable bonds is 1. The minimum atomic E-state index is -1.68. The lowest BCUT2D eigenvalue weighted by atomic mass is 9.83. The molecule has 1 heterocycles. The Morgan fingerprint density at radius 1 is 0.963 bits per heavy atom. The lowest BCUT2D eigenvalue weighted by Gasteiger charge is -2.40. The zero-order chi connectivity index (χ0) is 18.8. The van der Waals surface area contributed by atoms with Gasteiger partial charge in [-0.2, -0.15) is 0 Å². The number of hydrogen-bond acceptors (Lipinski definition) is 0. The number of fused-ring (bicyclic) bond motifs is 4. The molecule has 1 aliphatic heterocycles. The van der Waals surface area contributed by atoms with Crippen LogP contribution >= 0.6 is 15.9 Å². The summed E-state index contributed by atoms with van der Waals surface area (Å²) in [5.41, 5.74) is 4.22. The maximum Gasteiger partial charge on any atom is 0.0916 e. The van der Waals surface area contributed by atoms with Gasteiger partial charge >= 0.3 is 0 Å². The highest BCUT2D eigenvalue weighted by Gasteiger charge is 2.55. The van der Waals surface area contributed by atoms with Gasteiger partial charge in [-0.05, 0) is 32.5 Å². The summed E-state index contributed by atoms with van der Waals surface area (Å²) in [7, 11) is -1.68. The molecule has 0 nitrogen and oxygen atoms in total. The largest absolute Gasteiger partial charge is 0.0916 e. The molecule has 0 fully saturated rings. The molecular formula is C25H23BrSi. The van der Waals surface area contributed by atoms with Gasteiger partial charge in [-0.25, -0.2) is 0 Å². The molecule has 5 rings (SSSR count). The molecule has 2 atom stereocenters. The predicted molar refractivity (Wildman–Crippen MR) is 124 cm³/mol. The van der Waals surface area contributed by atoms with Gasteiger partial charge < -0.3 is 0 Å². The van der Waals surface area contributed by atoms with Crippen molar-refractivity contribution >= 4 is 40.0 Å². The first-order valence-electron chi connectivity index (χ1n) is 9.61. The van der Waals surface area contributed by atoms with E-state index in [4.69, 9.17) is 0 Å². The van der Waals surface area contributed by atoms with Crippen LogP contribution in [-0.2, 0) is 0 Å². The van der Waals surface area contributed by atoms with Crippen LogP contribution in [0.15, 0.2) is 83.4 Å². The van der Waals surface area contributed by atoms with Crippen molar-refractivity contribution < 1.29 is 0 Å². The molecule has 134 valence electrons. The fraction of sp³-hybridized carbons (Fsp3) is 0.200. The normalized spacial score (nSPS) is 25.2. The van der Waals surface area contributed by atoms with E-state index in [9.17, 15) is 0 Å². The molecule has 0 saturated carbocycles. The van der Waals surface area contributed by atoms with Gasteiger partial charge in [0.1, 0.15) is 0 Å². The second-order valence-corrected chi connectivity index (χ2v) is 14.4. The van der Waals surface area contributed by atoms with Crippen LogP contribution in [0, 0.1) is 0 Å². The highest BCUT2D eigenvalue weighted by molar-refractivity contribution is 9.11. The van der Waals surface area contributed by atoms with Crippen molar-refractivity contribution in [2.45, 2.75) is 31.0 Å². The first kappa shape index (κ1) is 17.2. The van der Waals surface area contributed by atoms with Crippen molar-refractivity contribution in [2.75, 3.05) is 0 Å². The van der Waals surface area contributed by atoms with E-state index in [2.05, 4.69) is 115 Å². The van der Waals surface area contributed by atoms with Gasteiger partial charge in [0.05, 0.1) is 8.07 Å². The minimum absolute atomic E-state index is 0.223. The average Bonchev–Trinajstić information content (AvgIpc) is 2.83. The average molecular weight is 431 g/mol. The summed E-state index contributed by atoms with van der Waals surface area (Å²) in [6.07, 6.45) is 7.11. The smallest absolute Gasteiger partial charge is 0.0753 e. The fourth-order valence-electron chi connectivity index (χ4n) is 5.11. The topological polar surface area (TPSA) is 0 Å². The standard InChI is InChI=1S/C25H23BrSi/c1-25-16-19(26)12-14-23(25)22-13-11-18(15-24(22)27(25,2)3)21-10-6-8-17-7-4-5-9-20(17)21/h4-16,23H,1-3H3. The van der Waals surface area contributed by atoms with Crippen LogP contribution in [0.1, 0.15) is 18.4 Å². The van der Waals surface area contributed by atoms with E-state index >= 15 is 0 Å². The van der Waals surface area contributed by atoms with Crippen molar-refractivity contribution in [3.8, 4) is 11.1 Å². The van der Waals surface area contributed by atoms with Crippen LogP contribution in [0.4, 0.5) is 0 Å². The summed E-state index contributed by atoms with van der Waals surface area (Å²) in [6.45, 7) is 7.54. The van der Waals surface area contributed by atoms with Gasteiger partial charge in [0.2, 0.25) is 0 Å². The fourth-order valence-corrected chi connectivity index (χ4v) is 9.55.